The van der Waals surface area contributed by atoms with Crippen LogP contribution in [0.2, 0.25) is 0 Å². The first kappa shape index (κ1) is 27.7. The van der Waals surface area contributed by atoms with E-state index in [-0.39, 0.29) is 23.1 Å². The Balaban J connectivity index is 4.09. The van der Waals surface area contributed by atoms with Gasteiger partial charge in [-0.1, -0.05) is 45.9 Å². The Labute approximate surface area is 189 Å². The molecule has 0 aliphatic carbocycles. The second kappa shape index (κ2) is 12.0. The fourth-order valence-electron chi connectivity index (χ4n) is 3.43. The molecule has 0 spiro atoms. The zero-order chi connectivity index (χ0) is 24.6. The SMILES string of the molecule is C\C=C/C(=C\CC)C(/C=C(/F)CC(C)(C)C)=C(/c1c(F)cc(C)cc1F)N(C)CC(F)F. The minimum Gasteiger partial charge on any atom is -0.368 e. The van der Waals surface area contributed by atoms with Gasteiger partial charge in [0, 0.05) is 19.0 Å². The van der Waals surface area contributed by atoms with Crippen molar-refractivity contribution in [1.29, 1.82) is 0 Å². The minimum atomic E-state index is -2.75. The minimum absolute atomic E-state index is 0.0798. The summed E-state index contributed by atoms with van der Waals surface area (Å²) in [6.07, 6.45) is 4.26. The molecule has 0 amide bonds. The van der Waals surface area contributed by atoms with E-state index in [9.17, 15) is 8.78 Å². The third-order valence-electron chi connectivity index (χ3n) is 4.55. The maximum Gasteiger partial charge on any atom is 0.255 e. The van der Waals surface area contributed by atoms with Crippen molar-refractivity contribution in [3.05, 3.63) is 76.2 Å². The number of benzene rings is 1. The lowest BCUT2D eigenvalue weighted by Gasteiger charge is -2.27. The third-order valence-corrected chi connectivity index (χ3v) is 4.55. The molecule has 1 aromatic rings. The van der Waals surface area contributed by atoms with Gasteiger partial charge in [-0.05, 0) is 55.0 Å². The van der Waals surface area contributed by atoms with Gasteiger partial charge in [0.1, 0.15) is 17.5 Å². The molecule has 6 heteroatoms. The number of hydrogen-bond acceptors (Lipinski definition) is 1. The Morgan fingerprint density at radius 1 is 1.12 bits per heavy atom. The number of aryl methyl sites for hydroxylation is 1. The molecular formula is C26H34F5N. The Morgan fingerprint density at radius 2 is 1.69 bits per heavy atom. The summed E-state index contributed by atoms with van der Waals surface area (Å²) in [5, 5.41) is 0. The molecule has 1 nitrogen and oxygen atoms in total. The van der Waals surface area contributed by atoms with Crippen LogP contribution >= 0.6 is 0 Å². The molecule has 0 saturated carbocycles. The van der Waals surface area contributed by atoms with Crippen molar-refractivity contribution in [2.24, 2.45) is 5.41 Å². The average Bonchev–Trinajstić information content (AvgIpc) is 2.60. The van der Waals surface area contributed by atoms with Crippen LogP contribution in [0.3, 0.4) is 0 Å². The van der Waals surface area contributed by atoms with Gasteiger partial charge < -0.3 is 4.90 Å². The molecular weight excluding hydrogens is 421 g/mol. The largest absolute Gasteiger partial charge is 0.368 e. The fourth-order valence-corrected chi connectivity index (χ4v) is 3.43. The van der Waals surface area contributed by atoms with E-state index in [0.717, 1.165) is 17.0 Å². The summed E-state index contributed by atoms with van der Waals surface area (Å²) in [6.45, 7) is 9.98. The van der Waals surface area contributed by atoms with Crippen LogP contribution in [-0.4, -0.2) is 24.9 Å². The van der Waals surface area contributed by atoms with E-state index in [0.29, 0.717) is 17.6 Å². The first-order valence-electron chi connectivity index (χ1n) is 10.7. The summed E-state index contributed by atoms with van der Waals surface area (Å²) in [7, 11) is 1.33. The molecule has 0 unspecified atom stereocenters. The van der Waals surface area contributed by atoms with Crippen LogP contribution in [0.5, 0.6) is 0 Å². The smallest absolute Gasteiger partial charge is 0.255 e. The molecule has 0 radical (unpaired) electrons. The van der Waals surface area contributed by atoms with Gasteiger partial charge in [0.25, 0.3) is 6.43 Å². The van der Waals surface area contributed by atoms with E-state index in [4.69, 9.17) is 0 Å². The predicted octanol–water partition coefficient (Wildman–Crippen LogP) is 8.38. The Hall–Kier alpha value is -2.37. The van der Waals surface area contributed by atoms with E-state index >= 15 is 13.2 Å². The topological polar surface area (TPSA) is 3.24 Å². The molecule has 32 heavy (non-hydrogen) atoms. The van der Waals surface area contributed by atoms with Crippen LogP contribution in [0.4, 0.5) is 22.0 Å². The molecule has 0 aliphatic rings. The highest BCUT2D eigenvalue weighted by Gasteiger charge is 2.25. The normalized spacial score (nSPS) is 14.4. The number of rotatable bonds is 9. The lowest BCUT2D eigenvalue weighted by atomic mass is 9.89. The first-order chi connectivity index (χ1) is 14.8. The Bertz CT molecular complexity index is 878. The maximum absolute atomic E-state index is 15.1. The van der Waals surface area contributed by atoms with Crippen LogP contribution in [0.25, 0.3) is 5.70 Å². The molecule has 0 fully saturated rings. The zero-order valence-corrected chi connectivity index (χ0v) is 20.0. The summed E-state index contributed by atoms with van der Waals surface area (Å²) < 4.78 is 71.7. The summed E-state index contributed by atoms with van der Waals surface area (Å²) in [4.78, 5) is 1.09. The maximum atomic E-state index is 15.1. The van der Waals surface area contributed by atoms with Crippen LogP contribution in [0.15, 0.2) is 53.4 Å². The molecule has 178 valence electrons. The highest BCUT2D eigenvalue weighted by atomic mass is 19.3. The van der Waals surface area contributed by atoms with Crippen molar-refractivity contribution in [3.63, 3.8) is 0 Å². The van der Waals surface area contributed by atoms with Gasteiger partial charge in [-0.2, -0.15) is 0 Å². The average molecular weight is 456 g/mol. The Kier molecular flexibility index (Phi) is 10.4. The molecule has 0 N–H and O–H groups in total. The first-order valence-corrected chi connectivity index (χ1v) is 10.7. The molecule has 0 saturated heterocycles. The van der Waals surface area contributed by atoms with Crippen LogP contribution < -0.4 is 0 Å². The summed E-state index contributed by atoms with van der Waals surface area (Å²) in [5.74, 6) is -2.29. The van der Waals surface area contributed by atoms with Gasteiger partial charge in [-0.3, -0.25) is 0 Å². The summed E-state index contributed by atoms with van der Waals surface area (Å²) in [5.41, 5.74) is 0.0396. The molecule has 0 atom stereocenters. The quantitative estimate of drug-likeness (QED) is 0.267. The van der Waals surface area contributed by atoms with Crippen LogP contribution in [0, 0.1) is 24.0 Å². The highest BCUT2D eigenvalue weighted by Crippen LogP contribution is 2.35. The van der Waals surface area contributed by atoms with Gasteiger partial charge in [-0.15, -0.1) is 0 Å². The Morgan fingerprint density at radius 3 is 2.12 bits per heavy atom. The number of allylic oxidation sites excluding steroid dienone is 7. The van der Waals surface area contributed by atoms with Crippen molar-refractivity contribution < 1.29 is 22.0 Å². The van der Waals surface area contributed by atoms with Crippen LogP contribution in [0.1, 0.15) is 58.6 Å². The monoisotopic (exact) mass is 455 g/mol. The lowest BCUT2D eigenvalue weighted by Crippen LogP contribution is -2.26. The molecule has 0 aliphatic heterocycles. The number of nitrogens with zero attached hydrogens (tertiary/aromatic N) is 1. The lowest BCUT2D eigenvalue weighted by molar-refractivity contribution is 0.120. The van der Waals surface area contributed by atoms with Crippen molar-refractivity contribution in [1.82, 2.24) is 4.90 Å². The van der Waals surface area contributed by atoms with E-state index in [2.05, 4.69) is 0 Å². The van der Waals surface area contributed by atoms with Gasteiger partial charge >= 0.3 is 0 Å². The second-order valence-electron chi connectivity index (χ2n) is 9.03. The fraction of sp³-hybridized carbons (Fsp3) is 0.462. The van der Waals surface area contributed by atoms with E-state index < -0.39 is 36.0 Å². The number of alkyl halides is 2. The summed E-state index contributed by atoms with van der Waals surface area (Å²) in [6, 6.07) is 2.28. The second-order valence-corrected chi connectivity index (χ2v) is 9.03. The standard InChI is InChI=1S/C26H34F5N/c1-8-10-18(11-9-2)20(14-19(27)15-26(4,5)6)25(32(7)16-23(30)31)24-21(28)12-17(3)13-22(24)29/h8,10-14,23H,9,15-16H2,1-7H3/b10-8-,18-11+,19-14+,25-20-. The predicted molar refractivity (Wildman–Crippen MR) is 123 cm³/mol. The molecule has 1 rings (SSSR count). The molecule has 0 aromatic heterocycles. The van der Waals surface area contributed by atoms with Crippen molar-refractivity contribution >= 4 is 5.70 Å². The highest BCUT2D eigenvalue weighted by molar-refractivity contribution is 5.76. The van der Waals surface area contributed by atoms with Crippen molar-refractivity contribution in [2.45, 2.75) is 60.8 Å². The van der Waals surface area contributed by atoms with E-state index in [1.54, 1.807) is 25.2 Å². The molecule has 0 heterocycles. The van der Waals surface area contributed by atoms with Crippen LogP contribution in [-0.2, 0) is 0 Å². The number of halogens is 5. The third kappa shape index (κ3) is 8.29. The van der Waals surface area contributed by atoms with Gasteiger partial charge in [-0.25, -0.2) is 22.0 Å². The summed E-state index contributed by atoms with van der Waals surface area (Å²) >= 11 is 0. The van der Waals surface area contributed by atoms with Crippen molar-refractivity contribution in [2.75, 3.05) is 13.6 Å². The molecule has 1 aromatic carbocycles. The zero-order valence-electron chi connectivity index (χ0n) is 20.0. The van der Waals surface area contributed by atoms with E-state index in [1.165, 1.54) is 20.0 Å². The molecule has 0 bridgehead atoms. The number of hydrogen-bond donors (Lipinski definition) is 0. The van der Waals surface area contributed by atoms with E-state index in [1.807, 2.05) is 27.7 Å². The van der Waals surface area contributed by atoms with Gasteiger partial charge in [0.05, 0.1) is 17.8 Å². The van der Waals surface area contributed by atoms with Gasteiger partial charge in [0.15, 0.2) is 0 Å². The van der Waals surface area contributed by atoms with Crippen molar-refractivity contribution in [3.8, 4) is 0 Å². The van der Waals surface area contributed by atoms with Gasteiger partial charge in [0.2, 0.25) is 0 Å².